The summed E-state index contributed by atoms with van der Waals surface area (Å²) in [5.41, 5.74) is 3.45. The number of carbonyl (C=O) groups excluding carboxylic acids is 1. The van der Waals surface area contributed by atoms with E-state index in [9.17, 15) is 9.59 Å². The van der Waals surface area contributed by atoms with Crippen molar-refractivity contribution >= 4 is 43.3 Å². The molecule has 30 heavy (non-hydrogen) atoms. The Morgan fingerprint density at radius 3 is 2.40 bits per heavy atom. The van der Waals surface area contributed by atoms with Gasteiger partial charge in [-0.15, -0.1) is 11.3 Å². The molecule has 4 rings (SSSR count). The number of Topliss-reactive ketones (excluding diaryl/α,β-unsaturated/α-hetero) is 1. The minimum Gasteiger partial charge on any atom is -0.292 e. The van der Waals surface area contributed by atoms with E-state index in [0.717, 1.165) is 20.5 Å². The fraction of sp³-hybridized carbons (Fsp3) is 0.208. The first-order valence-electron chi connectivity index (χ1n) is 9.72. The van der Waals surface area contributed by atoms with Crippen LogP contribution in [0.4, 0.5) is 0 Å². The van der Waals surface area contributed by atoms with Crippen molar-refractivity contribution in [2.75, 3.05) is 0 Å². The maximum Gasteiger partial charge on any atom is 0.263 e. The maximum atomic E-state index is 13.3. The lowest BCUT2D eigenvalue weighted by atomic mass is 10.0. The summed E-state index contributed by atoms with van der Waals surface area (Å²) in [5, 5.41) is 0.574. The Morgan fingerprint density at radius 1 is 1.10 bits per heavy atom. The second-order valence-electron chi connectivity index (χ2n) is 7.60. The van der Waals surface area contributed by atoms with Crippen LogP contribution in [0, 0.1) is 6.92 Å². The number of halogens is 1. The van der Waals surface area contributed by atoms with Gasteiger partial charge in [-0.25, -0.2) is 4.98 Å². The lowest BCUT2D eigenvalue weighted by Gasteiger charge is -2.08. The number of aromatic nitrogens is 2. The third-order valence-corrected chi connectivity index (χ3v) is 6.74. The predicted molar refractivity (Wildman–Crippen MR) is 127 cm³/mol. The fourth-order valence-electron chi connectivity index (χ4n) is 3.51. The molecule has 0 saturated heterocycles. The summed E-state index contributed by atoms with van der Waals surface area (Å²) in [6.07, 6.45) is 1.48. The summed E-state index contributed by atoms with van der Waals surface area (Å²) in [6.45, 7) is 6.19. The van der Waals surface area contributed by atoms with Crippen molar-refractivity contribution in [3.63, 3.8) is 0 Å². The number of benzene rings is 2. The van der Waals surface area contributed by atoms with Crippen molar-refractivity contribution < 1.29 is 4.79 Å². The standard InChI is InChI=1S/C24H21BrN2O2S/c1-14(2)16-4-6-17(7-5-16)20(28)12-27-13-26-23-22(24(27)29)21(15(3)30-23)18-8-10-19(25)11-9-18/h4-11,13-14H,12H2,1-3H3. The summed E-state index contributed by atoms with van der Waals surface area (Å²) in [7, 11) is 0. The molecule has 0 bridgehead atoms. The molecule has 0 aliphatic carbocycles. The van der Waals surface area contributed by atoms with Crippen LogP contribution in [0.25, 0.3) is 21.3 Å². The number of nitrogens with zero attached hydrogens (tertiary/aromatic N) is 2. The Morgan fingerprint density at radius 2 is 1.77 bits per heavy atom. The minimum atomic E-state index is -0.186. The molecule has 2 aromatic heterocycles. The zero-order valence-electron chi connectivity index (χ0n) is 17.0. The van der Waals surface area contributed by atoms with Gasteiger partial charge in [0.15, 0.2) is 5.78 Å². The van der Waals surface area contributed by atoms with Gasteiger partial charge in [-0.2, -0.15) is 0 Å². The van der Waals surface area contributed by atoms with E-state index < -0.39 is 0 Å². The molecule has 0 amide bonds. The molecule has 0 atom stereocenters. The molecule has 2 aromatic carbocycles. The predicted octanol–water partition coefficient (Wildman–Crippen LogP) is 6.20. The van der Waals surface area contributed by atoms with Crippen molar-refractivity contribution in [3.8, 4) is 11.1 Å². The van der Waals surface area contributed by atoms with Crippen LogP contribution in [0.1, 0.15) is 40.6 Å². The van der Waals surface area contributed by atoms with Crippen molar-refractivity contribution in [2.24, 2.45) is 0 Å². The molecule has 0 aliphatic heterocycles. The fourth-order valence-corrected chi connectivity index (χ4v) is 4.78. The second-order valence-corrected chi connectivity index (χ2v) is 9.72. The number of hydrogen-bond acceptors (Lipinski definition) is 4. The number of thiophene rings is 1. The highest BCUT2D eigenvalue weighted by atomic mass is 79.9. The minimum absolute atomic E-state index is 0.0303. The van der Waals surface area contributed by atoms with E-state index in [4.69, 9.17) is 0 Å². The summed E-state index contributed by atoms with van der Waals surface area (Å²) in [5.74, 6) is 0.299. The first kappa shape index (κ1) is 20.7. The van der Waals surface area contributed by atoms with Crippen LogP contribution in [-0.4, -0.2) is 15.3 Å². The molecule has 0 aliphatic rings. The Labute approximate surface area is 187 Å². The van der Waals surface area contributed by atoms with Crippen molar-refractivity contribution in [1.29, 1.82) is 0 Å². The first-order chi connectivity index (χ1) is 14.3. The lowest BCUT2D eigenvalue weighted by molar-refractivity contribution is 0.0970. The van der Waals surface area contributed by atoms with Crippen LogP contribution in [0.15, 0.2) is 64.1 Å². The SMILES string of the molecule is Cc1sc2ncn(CC(=O)c3ccc(C(C)C)cc3)c(=O)c2c1-c1ccc(Br)cc1. The van der Waals surface area contributed by atoms with Gasteiger partial charge in [0.1, 0.15) is 4.83 Å². The highest BCUT2D eigenvalue weighted by Gasteiger charge is 2.18. The molecular weight excluding hydrogens is 460 g/mol. The molecule has 0 radical (unpaired) electrons. The normalized spacial score (nSPS) is 11.4. The van der Waals surface area contributed by atoms with Gasteiger partial charge in [0.25, 0.3) is 5.56 Å². The average Bonchev–Trinajstić information content (AvgIpc) is 3.07. The number of aryl methyl sites for hydroxylation is 1. The monoisotopic (exact) mass is 480 g/mol. The molecule has 0 N–H and O–H groups in total. The van der Waals surface area contributed by atoms with Gasteiger partial charge >= 0.3 is 0 Å². The molecule has 0 saturated carbocycles. The van der Waals surface area contributed by atoms with Crippen molar-refractivity contribution in [3.05, 3.63) is 85.7 Å². The van der Waals surface area contributed by atoms with Gasteiger partial charge in [0.05, 0.1) is 18.3 Å². The Kier molecular flexibility index (Phi) is 5.71. The average molecular weight is 481 g/mol. The molecule has 0 fully saturated rings. The number of fused-ring (bicyclic) bond motifs is 1. The van der Waals surface area contributed by atoms with Crippen molar-refractivity contribution in [1.82, 2.24) is 9.55 Å². The Bertz CT molecular complexity index is 1290. The summed E-state index contributed by atoms with van der Waals surface area (Å²) in [4.78, 5) is 32.3. The molecule has 4 aromatic rings. The quantitative estimate of drug-likeness (QED) is 0.319. The highest BCUT2D eigenvalue weighted by molar-refractivity contribution is 9.10. The number of hydrogen-bond donors (Lipinski definition) is 0. The van der Waals surface area contributed by atoms with Crippen LogP contribution in [0.2, 0.25) is 0 Å². The third-order valence-electron chi connectivity index (χ3n) is 5.20. The molecule has 6 heteroatoms. The molecule has 4 nitrogen and oxygen atoms in total. The smallest absolute Gasteiger partial charge is 0.263 e. The molecule has 0 spiro atoms. The van der Waals surface area contributed by atoms with E-state index in [1.807, 2.05) is 55.5 Å². The zero-order chi connectivity index (χ0) is 21.4. The van der Waals surface area contributed by atoms with Crippen LogP contribution in [0.5, 0.6) is 0 Å². The Balaban J connectivity index is 1.73. The largest absolute Gasteiger partial charge is 0.292 e. The maximum absolute atomic E-state index is 13.3. The van der Waals surface area contributed by atoms with E-state index >= 15 is 0 Å². The van der Waals surface area contributed by atoms with Gasteiger partial charge in [0.2, 0.25) is 0 Å². The van der Waals surface area contributed by atoms with Gasteiger partial charge in [0, 0.05) is 20.5 Å². The highest BCUT2D eigenvalue weighted by Crippen LogP contribution is 2.35. The summed E-state index contributed by atoms with van der Waals surface area (Å²) < 4.78 is 2.39. The van der Waals surface area contributed by atoms with Gasteiger partial charge in [-0.3, -0.25) is 14.2 Å². The van der Waals surface area contributed by atoms with Gasteiger partial charge in [-0.1, -0.05) is 66.2 Å². The van der Waals surface area contributed by atoms with Crippen molar-refractivity contribution in [2.45, 2.75) is 33.2 Å². The van der Waals surface area contributed by atoms with Crippen LogP contribution >= 0.6 is 27.3 Å². The van der Waals surface area contributed by atoms with Crippen LogP contribution in [-0.2, 0) is 6.54 Å². The number of carbonyl (C=O) groups is 1. The van der Waals surface area contributed by atoms with E-state index in [1.54, 1.807) is 0 Å². The van der Waals surface area contributed by atoms with Gasteiger partial charge in [-0.05, 0) is 36.1 Å². The van der Waals surface area contributed by atoms with E-state index in [0.29, 0.717) is 21.7 Å². The van der Waals surface area contributed by atoms with Crippen LogP contribution in [0.3, 0.4) is 0 Å². The van der Waals surface area contributed by atoms with Gasteiger partial charge < -0.3 is 0 Å². The third kappa shape index (κ3) is 3.89. The Hall–Kier alpha value is -2.57. The molecular formula is C24H21BrN2O2S. The van der Waals surface area contributed by atoms with E-state index in [2.05, 4.69) is 34.8 Å². The summed E-state index contributed by atoms with van der Waals surface area (Å²) >= 11 is 4.95. The topological polar surface area (TPSA) is 52.0 Å². The van der Waals surface area contributed by atoms with Crippen LogP contribution < -0.4 is 5.56 Å². The molecule has 2 heterocycles. The molecule has 152 valence electrons. The van der Waals surface area contributed by atoms with E-state index in [-0.39, 0.29) is 17.9 Å². The van der Waals surface area contributed by atoms with E-state index in [1.165, 1.54) is 27.8 Å². The lowest BCUT2D eigenvalue weighted by Crippen LogP contribution is -2.24. The number of rotatable bonds is 5. The summed E-state index contributed by atoms with van der Waals surface area (Å²) in [6, 6.07) is 15.5. The zero-order valence-corrected chi connectivity index (χ0v) is 19.4. The molecule has 0 unspecified atom stereocenters. The first-order valence-corrected chi connectivity index (χ1v) is 11.3. The number of ketones is 1. The second kappa shape index (κ2) is 8.28.